The maximum Gasteiger partial charge on any atom is 0.228 e. The minimum absolute atomic E-state index is 0.0161. The molecule has 1 amide bonds. The van der Waals surface area contributed by atoms with Gasteiger partial charge in [-0.05, 0) is 48.8 Å². The molecule has 2 aromatic heterocycles. The van der Waals surface area contributed by atoms with Crippen molar-refractivity contribution >= 4 is 22.5 Å². The highest BCUT2D eigenvalue weighted by atomic mass is 19.1. The lowest BCUT2D eigenvalue weighted by molar-refractivity contribution is -0.120. The van der Waals surface area contributed by atoms with E-state index < -0.39 is 0 Å². The first-order chi connectivity index (χ1) is 14.1. The lowest BCUT2D eigenvalue weighted by Gasteiger charge is -2.28. The van der Waals surface area contributed by atoms with Crippen LogP contribution in [0, 0.1) is 5.92 Å². The van der Waals surface area contributed by atoms with E-state index in [4.69, 9.17) is 0 Å². The molecule has 0 saturated heterocycles. The number of halogens is 1. The molecule has 0 atom stereocenters. The van der Waals surface area contributed by atoms with Gasteiger partial charge in [0.05, 0.1) is 6.20 Å². The Bertz CT molecular complexity index is 994. The Labute approximate surface area is 169 Å². The number of fused-ring (bicyclic) bond motifs is 1. The van der Waals surface area contributed by atoms with Crippen LogP contribution in [0.15, 0.2) is 42.9 Å². The average Bonchev–Trinajstić information content (AvgIpc) is 3.18. The van der Waals surface area contributed by atoms with Crippen LogP contribution < -0.4 is 10.6 Å². The summed E-state index contributed by atoms with van der Waals surface area (Å²) in [6.45, 7) is 0.0418. The van der Waals surface area contributed by atoms with Gasteiger partial charge in [-0.25, -0.2) is 9.37 Å². The van der Waals surface area contributed by atoms with Gasteiger partial charge in [-0.3, -0.25) is 9.48 Å². The van der Waals surface area contributed by atoms with E-state index in [0.29, 0.717) is 18.4 Å². The van der Waals surface area contributed by atoms with Crippen LogP contribution in [0.5, 0.6) is 0 Å². The Kier molecular flexibility index (Phi) is 5.85. The molecule has 0 spiro atoms. The molecule has 0 bridgehead atoms. The lowest BCUT2D eigenvalue weighted by atomic mass is 9.85. The van der Waals surface area contributed by atoms with Crippen molar-refractivity contribution in [2.45, 2.75) is 31.7 Å². The number of benzene rings is 1. The number of anilines is 1. The minimum atomic E-state index is -0.351. The van der Waals surface area contributed by atoms with E-state index in [1.54, 1.807) is 10.9 Å². The van der Waals surface area contributed by atoms with E-state index in [2.05, 4.69) is 32.8 Å². The number of carbonyl (C=O) groups excluding carboxylic acids is 1. The van der Waals surface area contributed by atoms with Gasteiger partial charge in [0, 0.05) is 48.9 Å². The molecule has 152 valence electrons. The predicted molar refractivity (Wildman–Crippen MR) is 112 cm³/mol. The zero-order valence-corrected chi connectivity index (χ0v) is 16.6. The third kappa shape index (κ3) is 4.62. The molecule has 6 nitrogen and oxygen atoms in total. The number of hydrogen-bond donors (Lipinski definition) is 2. The molecule has 2 N–H and O–H groups in total. The molecule has 0 radical (unpaired) electrons. The number of aryl methyl sites for hydroxylation is 1. The summed E-state index contributed by atoms with van der Waals surface area (Å²) in [5.74, 6) is 0.574. The third-order valence-electron chi connectivity index (χ3n) is 5.64. The van der Waals surface area contributed by atoms with Gasteiger partial charge in [0.2, 0.25) is 5.91 Å². The normalized spacial score (nSPS) is 19.4. The number of rotatable bonds is 6. The van der Waals surface area contributed by atoms with E-state index in [0.717, 1.165) is 47.6 Å². The van der Waals surface area contributed by atoms with Crippen molar-refractivity contribution in [3.63, 3.8) is 0 Å². The van der Waals surface area contributed by atoms with Crippen LogP contribution >= 0.6 is 0 Å². The molecule has 29 heavy (non-hydrogen) atoms. The van der Waals surface area contributed by atoms with Crippen molar-refractivity contribution in [2.24, 2.45) is 13.0 Å². The Morgan fingerprint density at radius 2 is 1.97 bits per heavy atom. The average molecular weight is 395 g/mol. The van der Waals surface area contributed by atoms with E-state index in [1.807, 2.05) is 31.6 Å². The fourth-order valence-corrected chi connectivity index (χ4v) is 4.01. The van der Waals surface area contributed by atoms with Crippen molar-refractivity contribution in [1.82, 2.24) is 20.1 Å². The van der Waals surface area contributed by atoms with Crippen LogP contribution in [-0.2, 0) is 11.8 Å². The molecule has 1 aliphatic rings. The fourth-order valence-electron chi connectivity index (χ4n) is 4.01. The Morgan fingerprint density at radius 3 is 2.69 bits per heavy atom. The Balaban J connectivity index is 1.43. The summed E-state index contributed by atoms with van der Waals surface area (Å²) in [7, 11) is 1.90. The van der Waals surface area contributed by atoms with Crippen LogP contribution in [0.3, 0.4) is 0 Å². The van der Waals surface area contributed by atoms with Crippen molar-refractivity contribution in [2.75, 3.05) is 18.5 Å². The number of alkyl halides is 1. The molecular weight excluding hydrogens is 369 g/mol. The predicted octanol–water partition coefficient (Wildman–Crippen LogP) is 3.69. The van der Waals surface area contributed by atoms with Gasteiger partial charge in [0.15, 0.2) is 0 Å². The molecule has 3 aromatic rings. The molecule has 1 saturated carbocycles. The van der Waals surface area contributed by atoms with Crippen LogP contribution in [-0.4, -0.2) is 39.9 Å². The van der Waals surface area contributed by atoms with Crippen molar-refractivity contribution in [3.8, 4) is 11.1 Å². The van der Waals surface area contributed by atoms with Crippen molar-refractivity contribution in [1.29, 1.82) is 0 Å². The lowest BCUT2D eigenvalue weighted by Crippen LogP contribution is -2.37. The van der Waals surface area contributed by atoms with E-state index in [-0.39, 0.29) is 18.5 Å². The van der Waals surface area contributed by atoms with Gasteiger partial charge >= 0.3 is 0 Å². The number of nitrogens with one attached hydrogen (secondary N) is 2. The van der Waals surface area contributed by atoms with Crippen LogP contribution in [0.4, 0.5) is 10.2 Å². The largest absolute Gasteiger partial charge is 0.311 e. The van der Waals surface area contributed by atoms with E-state index in [9.17, 15) is 9.18 Å². The summed E-state index contributed by atoms with van der Waals surface area (Å²) in [4.78, 5) is 17.1. The summed E-state index contributed by atoms with van der Waals surface area (Å²) in [6, 6.07) is 8.41. The molecule has 4 rings (SSSR count). The number of amides is 1. The topological polar surface area (TPSA) is 71.8 Å². The molecule has 1 fully saturated rings. The van der Waals surface area contributed by atoms with Gasteiger partial charge in [-0.2, -0.15) is 5.10 Å². The van der Waals surface area contributed by atoms with Crippen molar-refractivity contribution < 1.29 is 9.18 Å². The first kappa shape index (κ1) is 19.5. The molecular formula is C22H26FN5O. The zero-order valence-electron chi connectivity index (χ0n) is 16.6. The van der Waals surface area contributed by atoms with Gasteiger partial charge < -0.3 is 10.6 Å². The Hall–Kier alpha value is -2.80. The monoisotopic (exact) mass is 395 g/mol. The molecule has 0 unspecified atom stereocenters. The quantitative estimate of drug-likeness (QED) is 0.668. The fraction of sp³-hybridized carbons (Fsp3) is 0.409. The molecule has 7 heteroatoms. The zero-order chi connectivity index (χ0) is 20.2. The van der Waals surface area contributed by atoms with Gasteiger partial charge in [0.25, 0.3) is 0 Å². The maximum atomic E-state index is 12.7. The summed E-state index contributed by atoms with van der Waals surface area (Å²) in [5, 5.41) is 12.4. The smallest absolute Gasteiger partial charge is 0.228 e. The van der Waals surface area contributed by atoms with E-state index >= 15 is 0 Å². The third-order valence-corrected chi connectivity index (χ3v) is 5.64. The highest BCUT2D eigenvalue weighted by molar-refractivity contribution is 5.95. The second kappa shape index (κ2) is 8.69. The van der Waals surface area contributed by atoms with Crippen LogP contribution in [0.25, 0.3) is 21.9 Å². The molecule has 1 aromatic carbocycles. The summed E-state index contributed by atoms with van der Waals surface area (Å²) < 4.78 is 14.1. The highest BCUT2D eigenvalue weighted by Crippen LogP contribution is 2.27. The second-order valence-electron chi connectivity index (χ2n) is 7.72. The first-order valence-electron chi connectivity index (χ1n) is 10.1. The van der Waals surface area contributed by atoms with E-state index in [1.165, 1.54) is 0 Å². The summed E-state index contributed by atoms with van der Waals surface area (Å²) in [5.41, 5.74) is 2.13. The highest BCUT2D eigenvalue weighted by Gasteiger charge is 2.26. The molecule has 2 heterocycles. The molecule has 1 aliphatic carbocycles. The number of aromatic nitrogens is 3. The number of pyridine rings is 1. The Morgan fingerprint density at radius 1 is 1.14 bits per heavy atom. The summed E-state index contributed by atoms with van der Waals surface area (Å²) in [6.07, 6.45) is 9.03. The first-order valence-corrected chi connectivity index (χ1v) is 10.1. The number of nitrogens with zero attached hydrogens (tertiary/aromatic N) is 3. The van der Waals surface area contributed by atoms with Crippen LogP contribution in [0.2, 0.25) is 0 Å². The summed E-state index contributed by atoms with van der Waals surface area (Å²) >= 11 is 0. The number of hydrogen-bond acceptors (Lipinski definition) is 4. The minimum Gasteiger partial charge on any atom is -0.311 e. The van der Waals surface area contributed by atoms with Crippen LogP contribution in [0.1, 0.15) is 25.7 Å². The SMILES string of the molecule is Cn1cc(-c2ccc3cnc(NC(=O)[C@H]4CC[C@H](NCCF)CC4)cc3c2)cn1. The maximum absolute atomic E-state index is 12.7. The van der Waals surface area contributed by atoms with Gasteiger partial charge in [0.1, 0.15) is 12.5 Å². The number of carbonyl (C=O) groups is 1. The second-order valence-corrected chi connectivity index (χ2v) is 7.72. The van der Waals surface area contributed by atoms with Gasteiger partial charge in [-0.1, -0.05) is 12.1 Å². The molecule has 0 aliphatic heterocycles. The van der Waals surface area contributed by atoms with Gasteiger partial charge in [-0.15, -0.1) is 0 Å². The standard InChI is InChI=1S/C22H26FN5O/c1-28-14-19(13-26-28)16-2-3-17-12-25-21(11-18(17)10-16)27-22(29)15-4-6-20(7-5-15)24-9-8-23/h2-3,10-15,20,24H,4-9H2,1H3,(H,25,27,29)/t15-,20-. The van der Waals surface area contributed by atoms with Crippen molar-refractivity contribution in [3.05, 3.63) is 42.9 Å².